The van der Waals surface area contributed by atoms with Crippen LogP contribution in [-0.2, 0) is 6.54 Å². The molecule has 5 heteroatoms. The van der Waals surface area contributed by atoms with Crippen LogP contribution in [-0.4, -0.2) is 40.8 Å². The summed E-state index contributed by atoms with van der Waals surface area (Å²) in [7, 11) is 0. The van der Waals surface area contributed by atoms with E-state index in [1.807, 2.05) is 6.07 Å². The second kappa shape index (κ2) is 4.88. The van der Waals surface area contributed by atoms with Crippen LogP contribution in [0.5, 0.6) is 0 Å². The number of hydrogen-bond acceptors (Lipinski definition) is 4. The summed E-state index contributed by atoms with van der Waals surface area (Å²) in [5.74, 6) is 0. The van der Waals surface area contributed by atoms with Gasteiger partial charge in [-0.1, -0.05) is 11.6 Å². The van der Waals surface area contributed by atoms with Crippen molar-refractivity contribution in [1.29, 1.82) is 0 Å². The standard InChI is InChI=1S/C10H15ClN4/c1-8-6-12-4-5-15(8)7-9-2-3-10(11)14-13-9/h2-3,8,12H,4-7H2,1H3/t8-/m0/s1. The van der Waals surface area contributed by atoms with Gasteiger partial charge in [-0.25, -0.2) is 0 Å². The number of piperazine rings is 1. The van der Waals surface area contributed by atoms with Crippen LogP contribution in [0.1, 0.15) is 12.6 Å². The summed E-state index contributed by atoms with van der Waals surface area (Å²) in [4.78, 5) is 2.40. The highest BCUT2D eigenvalue weighted by molar-refractivity contribution is 6.29. The molecular formula is C10H15ClN4. The summed E-state index contributed by atoms with van der Waals surface area (Å²) in [5, 5.41) is 11.7. The van der Waals surface area contributed by atoms with Crippen LogP contribution in [0, 0.1) is 0 Å². The first-order valence-electron chi connectivity index (χ1n) is 5.18. The fourth-order valence-electron chi connectivity index (χ4n) is 1.75. The molecule has 2 heterocycles. The fourth-order valence-corrected chi connectivity index (χ4v) is 1.85. The molecule has 1 aromatic heterocycles. The summed E-state index contributed by atoms with van der Waals surface area (Å²) >= 11 is 5.69. The Bertz CT molecular complexity index is 314. The summed E-state index contributed by atoms with van der Waals surface area (Å²) < 4.78 is 0. The maximum absolute atomic E-state index is 5.69. The molecule has 1 aliphatic rings. The highest BCUT2D eigenvalue weighted by Crippen LogP contribution is 2.09. The lowest BCUT2D eigenvalue weighted by atomic mass is 10.2. The number of nitrogens with zero attached hydrogens (tertiary/aromatic N) is 3. The summed E-state index contributed by atoms with van der Waals surface area (Å²) in [5.41, 5.74) is 0.980. The maximum Gasteiger partial charge on any atom is 0.151 e. The molecule has 1 atom stereocenters. The normalized spacial score (nSPS) is 22.9. The van der Waals surface area contributed by atoms with Crippen molar-refractivity contribution >= 4 is 11.6 Å². The lowest BCUT2D eigenvalue weighted by molar-refractivity contribution is 0.163. The third kappa shape index (κ3) is 2.87. The van der Waals surface area contributed by atoms with Crippen LogP contribution in [0.4, 0.5) is 0 Å². The van der Waals surface area contributed by atoms with Crippen molar-refractivity contribution in [2.24, 2.45) is 0 Å². The van der Waals surface area contributed by atoms with E-state index in [1.165, 1.54) is 0 Å². The molecule has 1 N–H and O–H groups in total. The van der Waals surface area contributed by atoms with E-state index in [0.717, 1.165) is 31.9 Å². The van der Waals surface area contributed by atoms with Gasteiger partial charge in [0.2, 0.25) is 0 Å². The van der Waals surface area contributed by atoms with Crippen molar-refractivity contribution in [1.82, 2.24) is 20.4 Å². The Morgan fingerprint density at radius 2 is 2.40 bits per heavy atom. The monoisotopic (exact) mass is 226 g/mol. The maximum atomic E-state index is 5.69. The average molecular weight is 227 g/mol. The van der Waals surface area contributed by atoms with E-state index in [9.17, 15) is 0 Å². The van der Waals surface area contributed by atoms with E-state index >= 15 is 0 Å². The number of halogens is 1. The third-order valence-corrected chi connectivity index (χ3v) is 2.89. The molecule has 82 valence electrons. The molecule has 15 heavy (non-hydrogen) atoms. The molecule has 1 saturated heterocycles. The van der Waals surface area contributed by atoms with Gasteiger partial charge in [-0.2, -0.15) is 5.10 Å². The van der Waals surface area contributed by atoms with Crippen LogP contribution in [0.3, 0.4) is 0 Å². The van der Waals surface area contributed by atoms with Crippen molar-refractivity contribution in [2.75, 3.05) is 19.6 Å². The van der Waals surface area contributed by atoms with E-state index in [1.54, 1.807) is 6.07 Å². The summed E-state index contributed by atoms with van der Waals surface area (Å²) in [6, 6.07) is 4.28. The molecule has 1 aromatic rings. The number of nitrogens with one attached hydrogen (secondary N) is 1. The van der Waals surface area contributed by atoms with Crippen LogP contribution < -0.4 is 5.32 Å². The molecule has 0 bridgehead atoms. The van der Waals surface area contributed by atoms with Crippen molar-refractivity contribution < 1.29 is 0 Å². The Hall–Kier alpha value is -0.710. The smallest absolute Gasteiger partial charge is 0.151 e. The van der Waals surface area contributed by atoms with E-state index < -0.39 is 0 Å². The van der Waals surface area contributed by atoms with Gasteiger partial charge in [-0.05, 0) is 19.1 Å². The molecule has 1 aliphatic heterocycles. The molecule has 0 saturated carbocycles. The molecule has 0 radical (unpaired) electrons. The lowest BCUT2D eigenvalue weighted by Crippen LogP contribution is -2.49. The first kappa shape index (κ1) is 10.8. The van der Waals surface area contributed by atoms with Crippen molar-refractivity contribution in [3.63, 3.8) is 0 Å². The van der Waals surface area contributed by atoms with Gasteiger partial charge in [0.15, 0.2) is 5.15 Å². The Balaban J connectivity index is 1.98. The van der Waals surface area contributed by atoms with Gasteiger partial charge in [0, 0.05) is 32.2 Å². The number of hydrogen-bond donors (Lipinski definition) is 1. The van der Waals surface area contributed by atoms with Gasteiger partial charge in [-0.15, -0.1) is 5.10 Å². The minimum Gasteiger partial charge on any atom is -0.314 e. The summed E-state index contributed by atoms with van der Waals surface area (Å²) in [6.07, 6.45) is 0. The van der Waals surface area contributed by atoms with Crippen LogP contribution in [0.25, 0.3) is 0 Å². The second-order valence-corrected chi connectivity index (χ2v) is 4.26. The van der Waals surface area contributed by atoms with E-state index in [2.05, 4.69) is 27.3 Å². The van der Waals surface area contributed by atoms with Crippen LogP contribution in [0.15, 0.2) is 12.1 Å². The zero-order chi connectivity index (χ0) is 10.7. The fraction of sp³-hybridized carbons (Fsp3) is 0.600. The molecule has 1 fully saturated rings. The number of aromatic nitrogens is 2. The molecule has 0 aromatic carbocycles. The first-order chi connectivity index (χ1) is 7.25. The highest BCUT2D eigenvalue weighted by atomic mass is 35.5. The summed E-state index contributed by atoms with van der Waals surface area (Å²) in [6.45, 7) is 6.22. The molecular weight excluding hydrogens is 212 g/mol. The zero-order valence-corrected chi connectivity index (χ0v) is 9.54. The van der Waals surface area contributed by atoms with Gasteiger partial charge in [-0.3, -0.25) is 4.90 Å². The average Bonchev–Trinajstić information content (AvgIpc) is 2.25. The van der Waals surface area contributed by atoms with Crippen LogP contribution in [0.2, 0.25) is 5.15 Å². The Kier molecular flexibility index (Phi) is 3.51. The Labute approximate surface area is 94.6 Å². The predicted octanol–water partition coefficient (Wildman–Crippen LogP) is 0.924. The molecule has 2 rings (SSSR count). The largest absolute Gasteiger partial charge is 0.314 e. The van der Waals surface area contributed by atoms with Crippen molar-refractivity contribution in [3.05, 3.63) is 23.0 Å². The highest BCUT2D eigenvalue weighted by Gasteiger charge is 2.18. The van der Waals surface area contributed by atoms with E-state index in [0.29, 0.717) is 11.2 Å². The van der Waals surface area contributed by atoms with Gasteiger partial charge in [0.1, 0.15) is 0 Å². The molecule has 4 nitrogen and oxygen atoms in total. The van der Waals surface area contributed by atoms with Crippen molar-refractivity contribution in [2.45, 2.75) is 19.5 Å². The topological polar surface area (TPSA) is 41.0 Å². The van der Waals surface area contributed by atoms with E-state index in [4.69, 9.17) is 11.6 Å². The minimum absolute atomic E-state index is 0.451. The van der Waals surface area contributed by atoms with Gasteiger partial charge >= 0.3 is 0 Å². The minimum atomic E-state index is 0.451. The third-order valence-electron chi connectivity index (χ3n) is 2.69. The van der Waals surface area contributed by atoms with Crippen LogP contribution >= 0.6 is 11.6 Å². The molecule has 0 amide bonds. The zero-order valence-electron chi connectivity index (χ0n) is 8.78. The van der Waals surface area contributed by atoms with Crippen molar-refractivity contribution in [3.8, 4) is 0 Å². The second-order valence-electron chi connectivity index (χ2n) is 3.87. The first-order valence-corrected chi connectivity index (χ1v) is 5.56. The molecule has 0 spiro atoms. The predicted molar refractivity (Wildman–Crippen MR) is 59.8 cm³/mol. The quantitative estimate of drug-likeness (QED) is 0.815. The molecule has 0 unspecified atom stereocenters. The lowest BCUT2D eigenvalue weighted by Gasteiger charge is -2.33. The van der Waals surface area contributed by atoms with E-state index in [-0.39, 0.29) is 0 Å². The van der Waals surface area contributed by atoms with Gasteiger partial charge in [0.05, 0.1) is 5.69 Å². The van der Waals surface area contributed by atoms with Gasteiger partial charge < -0.3 is 5.32 Å². The molecule has 0 aliphatic carbocycles. The SMILES string of the molecule is C[C@H]1CNCCN1Cc1ccc(Cl)nn1. The Morgan fingerprint density at radius 1 is 1.53 bits per heavy atom. The number of rotatable bonds is 2. The Morgan fingerprint density at radius 3 is 3.07 bits per heavy atom. The van der Waals surface area contributed by atoms with Gasteiger partial charge in [0.25, 0.3) is 0 Å².